The van der Waals surface area contributed by atoms with Crippen molar-refractivity contribution in [2.75, 3.05) is 0 Å². The first kappa shape index (κ1) is 26.0. The molecule has 0 fully saturated rings. The Balaban J connectivity index is 1.05. The van der Waals surface area contributed by atoms with Gasteiger partial charge in [0.25, 0.3) is 0 Å². The molecule has 0 aliphatic rings. The normalized spacial score (nSPS) is 11.5. The van der Waals surface area contributed by atoms with Crippen molar-refractivity contribution in [3.05, 3.63) is 146 Å². The Kier molecular flexibility index (Phi) is 6.03. The maximum absolute atomic E-state index is 5.08. The fourth-order valence-electron chi connectivity index (χ4n) is 6.14. The van der Waals surface area contributed by atoms with Crippen LogP contribution in [0.15, 0.2) is 146 Å². The fraction of sp³-hybridized carbons (Fsp3) is 0. The van der Waals surface area contributed by atoms with Gasteiger partial charge in [-0.25, -0.2) is 19.9 Å². The molecule has 0 unspecified atom stereocenters. The van der Waals surface area contributed by atoms with Crippen molar-refractivity contribution in [2.24, 2.45) is 0 Å². The molecular formula is C40H24N6. The molecule has 0 spiro atoms. The van der Waals surface area contributed by atoms with Gasteiger partial charge in [-0.1, -0.05) is 78.9 Å². The molecule has 5 aromatic heterocycles. The molecule has 0 N–H and O–H groups in total. The number of hydrogen-bond acceptors (Lipinski definition) is 6. The van der Waals surface area contributed by atoms with Crippen LogP contribution in [0.3, 0.4) is 0 Å². The van der Waals surface area contributed by atoms with Gasteiger partial charge in [0.05, 0.1) is 27.8 Å². The van der Waals surface area contributed by atoms with E-state index in [4.69, 9.17) is 9.97 Å². The molecule has 0 saturated carbocycles. The summed E-state index contributed by atoms with van der Waals surface area (Å²) in [6, 6.07) is 41.8. The van der Waals surface area contributed by atoms with Crippen LogP contribution >= 0.6 is 0 Å². The van der Waals surface area contributed by atoms with Crippen LogP contribution in [0.2, 0.25) is 0 Å². The van der Waals surface area contributed by atoms with E-state index < -0.39 is 0 Å². The number of benzene rings is 4. The van der Waals surface area contributed by atoms with Crippen LogP contribution in [0, 0.1) is 0 Å². The molecule has 4 aromatic carbocycles. The molecule has 0 bridgehead atoms. The van der Waals surface area contributed by atoms with E-state index in [0.29, 0.717) is 5.82 Å². The van der Waals surface area contributed by atoms with Gasteiger partial charge in [-0.3, -0.25) is 9.97 Å². The van der Waals surface area contributed by atoms with E-state index in [9.17, 15) is 0 Å². The Hall–Kier alpha value is -6.40. The Morgan fingerprint density at radius 3 is 1.72 bits per heavy atom. The van der Waals surface area contributed by atoms with Crippen LogP contribution in [0.25, 0.3) is 88.6 Å². The van der Waals surface area contributed by atoms with E-state index in [1.165, 1.54) is 0 Å². The highest BCUT2D eigenvalue weighted by molar-refractivity contribution is 6.08. The lowest BCUT2D eigenvalue weighted by Gasteiger charge is -2.10. The molecule has 46 heavy (non-hydrogen) atoms. The highest BCUT2D eigenvalue weighted by Gasteiger charge is 2.11. The third-order valence-electron chi connectivity index (χ3n) is 8.49. The molecule has 0 aliphatic heterocycles. The van der Waals surface area contributed by atoms with Crippen LogP contribution in [-0.2, 0) is 0 Å². The van der Waals surface area contributed by atoms with E-state index >= 15 is 0 Å². The van der Waals surface area contributed by atoms with Crippen molar-refractivity contribution >= 4 is 43.6 Å². The van der Waals surface area contributed by atoms with Crippen LogP contribution in [0.4, 0.5) is 0 Å². The van der Waals surface area contributed by atoms with E-state index in [1.807, 2.05) is 24.5 Å². The zero-order chi connectivity index (χ0) is 30.5. The minimum Gasteiger partial charge on any atom is -0.254 e. The summed E-state index contributed by atoms with van der Waals surface area (Å²) in [5.41, 5.74) is 10.9. The second-order valence-electron chi connectivity index (χ2n) is 11.3. The van der Waals surface area contributed by atoms with Crippen molar-refractivity contribution in [2.45, 2.75) is 0 Å². The molecule has 5 heterocycles. The Labute approximate surface area is 264 Å². The Morgan fingerprint density at radius 2 is 0.957 bits per heavy atom. The third kappa shape index (κ3) is 4.52. The zero-order valence-electron chi connectivity index (χ0n) is 24.5. The Morgan fingerprint density at radius 1 is 0.370 bits per heavy atom. The SMILES string of the molecule is c1cnc(-c2ccc3ccc(-c4ccc5ccc(-c6ccc(-c7ccnc8c7ccc7cccnc78)cc6)nc5c4)cc3n2)nc1. The maximum atomic E-state index is 5.08. The van der Waals surface area contributed by atoms with Gasteiger partial charge in [0.15, 0.2) is 5.82 Å². The maximum Gasteiger partial charge on any atom is 0.178 e. The third-order valence-corrected chi connectivity index (χ3v) is 8.49. The lowest BCUT2D eigenvalue weighted by molar-refractivity contribution is 1.15. The minimum absolute atomic E-state index is 0.616. The predicted molar refractivity (Wildman–Crippen MR) is 185 cm³/mol. The quantitative estimate of drug-likeness (QED) is 0.191. The highest BCUT2D eigenvalue weighted by atomic mass is 14.9. The monoisotopic (exact) mass is 588 g/mol. The number of fused-ring (bicyclic) bond motifs is 5. The molecule has 0 atom stereocenters. The summed E-state index contributed by atoms with van der Waals surface area (Å²) in [4.78, 5) is 27.9. The first-order chi connectivity index (χ1) is 22.8. The van der Waals surface area contributed by atoms with Gasteiger partial charge < -0.3 is 0 Å². The molecule has 0 aliphatic carbocycles. The summed E-state index contributed by atoms with van der Waals surface area (Å²) in [5.74, 6) is 0.616. The van der Waals surface area contributed by atoms with Gasteiger partial charge in [-0.2, -0.15) is 0 Å². The molecular weight excluding hydrogens is 564 g/mol. The number of rotatable bonds is 4. The Bertz CT molecular complexity index is 2580. The van der Waals surface area contributed by atoms with Gasteiger partial charge in [0, 0.05) is 51.9 Å². The summed E-state index contributed by atoms with van der Waals surface area (Å²) in [6.45, 7) is 0. The second kappa shape index (κ2) is 10.6. The van der Waals surface area contributed by atoms with Crippen molar-refractivity contribution in [1.29, 1.82) is 0 Å². The zero-order valence-corrected chi connectivity index (χ0v) is 24.5. The predicted octanol–water partition coefficient (Wildman–Crippen LogP) is 9.34. The van der Waals surface area contributed by atoms with Crippen molar-refractivity contribution in [3.63, 3.8) is 0 Å². The summed E-state index contributed by atoms with van der Waals surface area (Å²) in [5, 5.41) is 4.34. The van der Waals surface area contributed by atoms with Gasteiger partial charge >= 0.3 is 0 Å². The van der Waals surface area contributed by atoms with Gasteiger partial charge in [0.1, 0.15) is 5.69 Å². The number of nitrogens with zero attached hydrogens (tertiary/aromatic N) is 6. The largest absolute Gasteiger partial charge is 0.254 e. The minimum atomic E-state index is 0.616. The molecule has 214 valence electrons. The summed E-state index contributed by atoms with van der Waals surface area (Å²) < 4.78 is 0. The molecule has 9 aromatic rings. The number of aromatic nitrogens is 6. The van der Waals surface area contributed by atoms with Crippen LogP contribution in [0.1, 0.15) is 0 Å². The van der Waals surface area contributed by atoms with Gasteiger partial charge in [-0.15, -0.1) is 0 Å². The van der Waals surface area contributed by atoms with Crippen LogP contribution in [-0.4, -0.2) is 29.9 Å². The smallest absolute Gasteiger partial charge is 0.178 e. The van der Waals surface area contributed by atoms with E-state index in [1.54, 1.807) is 18.5 Å². The summed E-state index contributed by atoms with van der Waals surface area (Å²) in [7, 11) is 0. The van der Waals surface area contributed by atoms with Crippen LogP contribution in [0.5, 0.6) is 0 Å². The summed E-state index contributed by atoms with van der Waals surface area (Å²) in [6.07, 6.45) is 7.15. The van der Waals surface area contributed by atoms with Gasteiger partial charge in [0.2, 0.25) is 0 Å². The molecule has 0 amide bonds. The van der Waals surface area contributed by atoms with Crippen molar-refractivity contribution in [3.8, 4) is 45.0 Å². The molecule has 6 heteroatoms. The number of hydrogen-bond donors (Lipinski definition) is 0. The summed E-state index contributed by atoms with van der Waals surface area (Å²) >= 11 is 0. The first-order valence-electron chi connectivity index (χ1n) is 15.1. The second-order valence-corrected chi connectivity index (χ2v) is 11.3. The first-order valence-corrected chi connectivity index (χ1v) is 15.1. The molecule has 9 rings (SSSR count). The highest BCUT2D eigenvalue weighted by Crippen LogP contribution is 2.33. The van der Waals surface area contributed by atoms with Crippen LogP contribution < -0.4 is 0 Å². The van der Waals surface area contributed by atoms with Gasteiger partial charge in [-0.05, 0) is 64.7 Å². The molecule has 0 radical (unpaired) electrons. The molecule has 6 nitrogen and oxygen atoms in total. The molecule has 0 saturated heterocycles. The lowest BCUT2D eigenvalue weighted by atomic mass is 9.98. The topological polar surface area (TPSA) is 77.3 Å². The van der Waals surface area contributed by atoms with E-state index in [-0.39, 0.29) is 0 Å². The fourth-order valence-corrected chi connectivity index (χ4v) is 6.14. The van der Waals surface area contributed by atoms with Crippen molar-refractivity contribution < 1.29 is 0 Å². The van der Waals surface area contributed by atoms with Crippen molar-refractivity contribution in [1.82, 2.24) is 29.9 Å². The number of pyridine rings is 4. The average Bonchev–Trinajstić information content (AvgIpc) is 3.14. The lowest BCUT2D eigenvalue weighted by Crippen LogP contribution is -1.91. The average molecular weight is 589 g/mol. The van der Waals surface area contributed by atoms with E-state index in [0.717, 1.165) is 82.8 Å². The van der Waals surface area contributed by atoms with E-state index in [2.05, 4.69) is 123 Å². The standard InChI is InChI=1S/C40H24N6/c1-3-29-12-15-33-32(18-22-42-39(33)38(29)41-19-1)25-4-6-26(7-5-25)34-16-13-27-8-10-30(23-36(27)45-34)31-11-9-28-14-17-35(46-37(28)24-31)40-43-20-2-21-44-40/h1-24H.